The Morgan fingerprint density at radius 1 is 0.826 bits per heavy atom. The number of dihydropyridines is 1. The van der Waals surface area contributed by atoms with Crippen LogP contribution in [0.2, 0.25) is 0 Å². The summed E-state index contributed by atoms with van der Waals surface area (Å²) < 4.78 is 29.9. The number of aromatic nitrogens is 1. The lowest BCUT2D eigenvalue weighted by Crippen LogP contribution is -2.63. The average molecular weight is 1150 g/mol. The maximum absolute atomic E-state index is 12.4. The number of aryl methyl sites for hydroxylation is 2. The minimum atomic E-state index is -0.762. The molecule has 6 aromatic rings. The van der Waals surface area contributed by atoms with E-state index in [-0.39, 0.29) is 90.3 Å². The summed E-state index contributed by atoms with van der Waals surface area (Å²) in [6.07, 6.45) is 26.5. The van der Waals surface area contributed by atoms with Crippen LogP contribution in [0.3, 0.4) is 0 Å². The Morgan fingerprint density at radius 2 is 1.72 bits per heavy atom. The van der Waals surface area contributed by atoms with Crippen LogP contribution in [-0.2, 0) is 58.5 Å². The van der Waals surface area contributed by atoms with Crippen molar-refractivity contribution in [1.82, 2.24) is 15.2 Å². The van der Waals surface area contributed by atoms with E-state index in [0.717, 1.165) is 132 Å². The maximum atomic E-state index is 12.4. The fourth-order valence-electron chi connectivity index (χ4n) is 17.2. The first-order valence-corrected chi connectivity index (χ1v) is 31.9. The van der Waals surface area contributed by atoms with E-state index in [1.54, 1.807) is 31.4 Å². The highest BCUT2D eigenvalue weighted by molar-refractivity contribution is 5.89. The predicted molar refractivity (Wildman–Crippen MR) is 333 cm³/mol. The molecule has 9 atom stereocenters. The summed E-state index contributed by atoms with van der Waals surface area (Å²) >= 11 is 0. The first kappa shape index (κ1) is 55.5. The molecule has 7 heterocycles. The van der Waals surface area contributed by atoms with Crippen LogP contribution in [0.1, 0.15) is 145 Å². The topological polar surface area (TPSA) is 167 Å². The molecule has 7 N–H and O–H groups in total. The quantitative estimate of drug-likeness (QED) is 0.0725. The fourth-order valence-corrected chi connectivity index (χ4v) is 17.2. The van der Waals surface area contributed by atoms with Gasteiger partial charge in [0.2, 0.25) is 0 Å². The summed E-state index contributed by atoms with van der Waals surface area (Å²) in [6, 6.07) is 26.6. The van der Waals surface area contributed by atoms with Gasteiger partial charge in [0.1, 0.15) is 36.3 Å². The zero-order valence-electron chi connectivity index (χ0n) is 49.3. The van der Waals surface area contributed by atoms with Gasteiger partial charge in [-0.05, 0) is 169 Å². The van der Waals surface area contributed by atoms with E-state index in [2.05, 4.69) is 94.1 Å². The van der Waals surface area contributed by atoms with Crippen molar-refractivity contribution < 1.29 is 44.5 Å². The van der Waals surface area contributed by atoms with Gasteiger partial charge in [0.05, 0.1) is 37.6 Å². The van der Waals surface area contributed by atoms with Crippen molar-refractivity contribution >= 4 is 28.7 Å². The third-order valence-corrected chi connectivity index (χ3v) is 21.4. The summed E-state index contributed by atoms with van der Waals surface area (Å²) in [4.78, 5) is 0. The largest absolute Gasteiger partial charge is 0.508 e. The van der Waals surface area contributed by atoms with Crippen molar-refractivity contribution in [2.45, 2.75) is 158 Å². The molecule has 1 aromatic heterocycles. The third-order valence-electron chi connectivity index (χ3n) is 21.4. The van der Waals surface area contributed by atoms with Crippen LogP contribution in [0, 0.1) is 35.5 Å². The normalized spacial score (nSPS) is 28.0. The Kier molecular flexibility index (Phi) is 14.6. The molecule has 12 nitrogen and oxygen atoms in total. The van der Waals surface area contributed by atoms with E-state index in [1.165, 1.54) is 47.1 Å². The Bertz CT molecular complexity index is 3850. The van der Waals surface area contributed by atoms with Crippen LogP contribution < -0.4 is 15.4 Å². The average Bonchev–Trinajstić information content (AvgIpc) is 0.770. The highest BCUT2D eigenvalue weighted by Gasteiger charge is 2.62. The monoisotopic (exact) mass is 1150 g/mol. The number of aliphatic hydroxyl groups is 2. The lowest BCUT2D eigenvalue weighted by Gasteiger charge is -2.62. The molecule has 12 heteroatoms. The fraction of sp³-hybridized carbons (Fsp3) is 0.432. The molecule has 5 aromatic carbocycles. The molecule has 10 aliphatic rings. The number of aromatic hydroxyl groups is 3. The van der Waals surface area contributed by atoms with Gasteiger partial charge in [0.25, 0.3) is 0 Å². The molecule has 0 radical (unpaired) electrons. The molecule has 444 valence electrons. The molecule has 1 saturated carbocycles. The van der Waals surface area contributed by atoms with Gasteiger partial charge >= 0.3 is 0 Å². The van der Waals surface area contributed by atoms with Gasteiger partial charge in [-0.25, -0.2) is 0 Å². The van der Waals surface area contributed by atoms with Crippen LogP contribution in [0.4, 0.5) is 0 Å². The maximum Gasteiger partial charge on any atom is 0.168 e. The van der Waals surface area contributed by atoms with E-state index in [1.807, 2.05) is 24.3 Å². The molecular formula is C74H79N3O9. The van der Waals surface area contributed by atoms with Crippen molar-refractivity contribution in [2.75, 3.05) is 20.3 Å². The molecular weight excluding hydrogens is 1070 g/mol. The van der Waals surface area contributed by atoms with Gasteiger partial charge in [-0.2, -0.15) is 0 Å². The van der Waals surface area contributed by atoms with Gasteiger partial charge in [-0.1, -0.05) is 104 Å². The highest BCUT2D eigenvalue weighted by atomic mass is 16.5. The molecule has 6 aliphatic heterocycles. The molecule has 2 saturated heterocycles. The summed E-state index contributed by atoms with van der Waals surface area (Å²) in [7, 11) is 1.76. The summed E-state index contributed by atoms with van der Waals surface area (Å²) in [5.74, 6) is 9.56. The first-order chi connectivity index (χ1) is 42.0. The SMILES string of the molecule is COC1CCC2=C3C#CC(CCc4ccc(O)c(Cc5cccc(O)c5)c4)CCCC4CC(O)C5C=Cc6c(c(CO)cc(O)c6OCc6cc(C78c9c%10cccc9CCC7C7(CCCCC7)OCC8C=C%10)cc7cn(cc67)C(=C3CO4)NC2N1)C5. The molecule has 3 fully saturated rings. The Balaban J connectivity index is 0.899. The highest BCUT2D eigenvalue weighted by Crippen LogP contribution is 2.64. The zero-order valence-corrected chi connectivity index (χ0v) is 49.3. The number of phenols is 3. The first-order valence-electron chi connectivity index (χ1n) is 31.9. The molecule has 4 aliphatic carbocycles. The van der Waals surface area contributed by atoms with Gasteiger partial charge < -0.3 is 54.4 Å². The van der Waals surface area contributed by atoms with Gasteiger partial charge in [0.15, 0.2) is 11.5 Å². The molecule has 9 unspecified atom stereocenters. The number of piperidine rings is 1. The smallest absolute Gasteiger partial charge is 0.168 e. The lowest BCUT2D eigenvalue weighted by molar-refractivity contribution is -0.182. The molecule has 86 heavy (non-hydrogen) atoms. The number of ether oxygens (including phenoxy) is 4. The minimum Gasteiger partial charge on any atom is -0.508 e. The Morgan fingerprint density at radius 3 is 2.59 bits per heavy atom. The number of rotatable bonds is 8. The lowest BCUT2D eigenvalue weighted by atomic mass is 9.46. The molecule has 1 spiro atoms. The van der Waals surface area contributed by atoms with Gasteiger partial charge in [0, 0.05) is 88.9 Å². The van der Waals surface area contributed by atoms with E-state index < -0.39 is 6.10 Å². The number of nitrogens with one attached hydrogen (secondary N) is 2. The summed E-state index contributed by atoms with van der Waals surface area (Å²) in [6.45, 7) is 0.829. The number of nitrogens with zero attached hydrogens (tertiary/aromatic N) is 1. The summed E-state index contributed by atoms with van der Waals surface area (Å²) in [5, 5.41) is 66.4. The van der Waals surface area contributed by atoms with Crippen LogP contribution in [0.5, 0.6) is 23.0 Å². The van der Waals surface area contributed by atoms with Crippen LogP contribution in [-0.4, -0.2) is 80.6 Å². The third kappa shape index (κ3) is 9.69. The van der Waals surface area contributed by atoms with E-state index in [4.69, 9.17) is 18.9 Å². The second-order valence-corrected chi connectivity index (χ2v) is 26.2. The minimum absolute atomic E-state index is 0.0227. The number of hydrogen-bond acceptors (Lipinski definition) is 11. The second kappa shape index (κ2) is 22.6. The molecule has 8 bridgehead atoms. The van der Waals surface area contributed by atoms with Crippen LogP contribution in [0.25, 0.3) is 28.7 Å². The van der Waals surface area contributed by atoms with Crippen molar-refractivity contribution in [2.24, 2.45) is 23.7 Å². The van der Waals surface area contributed by atoms with Crippen molar-refractivity contribution in [3.63, 3.8) is 0 Å². The predicted octanol–water partition coefficient (Wildman–Crippen LogP) is 12.2. The van der Waals surface area contributed by atoms with Crippen LogP contribution in [0.15, 0.2) is 120 Å². The van der Waals surface area contributed by atoms with Crippen molar-refractivity contribution in [1.29, 1.82) is 0 Å². The van der Waals surface area contributed by atoms with Crippen LogP contribution >= 0.6 is 0 Å². The number of fused-ring (bicyclic) bond motifs is 4. The number of benzene rings is 5. The summed E-state index contributed by atoms with van der Waals surface area (Å²) in [5.41, 5.74) is 14.1. The number of aliphatic hydroxyl groups excluding tert-OH is 2. The number of hydrogen-bond donors (Lipinski definition) is 7. The van der Waals surface area contributed by atoms with E-state index >= 15 is 0 Å². The Labute approximate surface area is 504 Å². The number of methoxy groups -OCH3 is 1. The van der Waals surface area contributed by atoms with Crippen molar-refractivity contribution in [3.8, 4) is 34.8 Å². The second-order valence-electron chi connectivity index (χ2n) is 26.2. The van der Waals surface area contributed by atoms with Crippen molar-refractivity contribution in [3.05, 3.63) is 181 Å². The molecule has 16 rings (SSSR count). The Hall–Kier alpha value is -7.08. The number of phenolic OH excluding ortho intramolecular Hbond substituents is 3. The molecule has 0 amide bonds. The van der Waals surface area contributed by atoms with Gasteiger partial charge in [-0.3, -0.25) is 5.32 Å². The zero-order chi connectivity index (χ0) is 58.3. The van der Waals surface area contributed by atoms with E-state index in [9.17, 15) is 25.5 Å². The standard InChI is InChI=1S/C74H79N3O9/c1-83-68-27-24-60-58-22-16-44(14-15-45-17-25-64(80)50(30-45)31-46-9-5-12-56(79)32-46)8-6-13-57-37-65(81)49-19-23-59-61(35-49)52(40-78)36-66(82)70(59)85-41-53-34-55(33-51-38-77(39-62(51)53)72(63(58)43-84-57)76-71(60)75-68)74-54-21-18-47-10-7-11-48(69(47)74)20-26-67(74)73(86-42-54)28-3-2-4-29-73/h5,7,9-12,17-19,21,23,25,30,32-34,36,38-39,44,49,54,57,65,67-68,71,75-76,78-82H,2-4,6,8,13-15,20,24,26-29,31,35,37,40-43H2,1H3. The van der Waals surface area contributed by atoms with E-state index in [0.29, 0.717) is 37.2 Å². The van der Waals surface area contributed by atoms with Gasteiger partial charge in [-0.15, -0.1) is 0 Å².